The van der Waals surface area contributed by atoms with E-state index in [4.69, 9.17) is 0 Å². The zero-order valence-electron chi connectivity index (χ0n) is 12.8. The highest BCUT2D eigenvalue weighted by Crippen LogP contribution is 2.21. The van der Waals surface area contributed by atoms with Crippen LogP contribution in [0.4, 0.5) is 10.1 Å². The molecule has 0 saturated heterocycles. The van der Waals surface area contributed by atoms with Crippen molar-refractivity contribution >= 4 is 17.4 Å². The van der Waals surface area contributed by atoms with Gasteiger partial charge in [0.05, 0.1) is 0 Å². The summed E-state index contributed by atoms with van der Waals surface area (Å²) in [6, 6.07) is 5.52. The monoisotopic (exact) mass is 316 g/mol. The number of anilines is 1. The van der Waals surface area contributed by atoms with E-state index < -0.39 is 5.72 Å². The minimum atomic E-state index is -1.00. The second-order valence-corrected chi connectivity index (χ2v) is 5.84. The van der Waals surface area contributed by atoms with E-state index in [0.717, 1.165) is 0 Å². The minimum absolute atomic E-state index is 0.256. The van der Waals surface area contributed by atoms with E-state index in [1.54, 1.807) is 42.1 Å². The molecule has 6 nitrogen and oxygen atoms in total. The number of hydrogen-bond donors (Lipinski definition) is 2. The van der Waals surface area contributed by atoms with Crippen molar-refractivity contribution in [1.29, 1.82) is 0 Å². The molecule has 119 valence electrons. The van der Waals surface area contributed by atoms with Crippen molar-refractivity contribution in [2.24, 2.45) is 4.99 Å². The van der Waals surface area contributed by atoms with Crippen molar-refractivity contribution in [2.45, 2.75) is 19.6 Å². The maximum atomic E-state index is 12.9. The number of benzene rings is 1. The first-order valence-electron chi connectivity index (χ1n) is 7.14. The molecule has 0 atom stereocenters. The van der Waals surface area contributed by atoms with E-state index in [-0.39, 0.29) is 17.4 Å². The first kappa shape index (κ1) is 15.4. The van der Waals surface area contributed by atoms with Gasteiger partial charge in [-0.1, -0.05) is 4.90 Å². The van der Waals surface area contributed by atoms with Crippen LogP contribution in [0.25, 0.3) is 0 Å². The Bertz CT molecular complexity index is 717. The van der Waals surface area contributed by atoms with Crippen LogP contribution in [0.1, 0.15) is 13.8 Å². The van der Waals surface area contributed by atoms with Crippen molar-refractivity contribution in [3.05, 3.63) is 54.3 Å². The molecule has 2 heterocycles. The van der Waals surface area contributed by atoms with Crippen LogP contribution in [0.2, 0.25) is 0 Å². The fourth-order valence-corrected chi connectivity index (χ4v) is 2.24. The lowest BCUT2D eigenvalue weighted by Gasteiger charge is -2.32. The zero-order valence-corrected chi connectivity index (χ0v) is 12.8. The Labute approximate surface area is 133 Å². The Balaban J connectivity index is 1.71. The second-order valence-electron chi connectivity index (χ2n) is 5.84. The van der Waals surface area contributed by atoms with Crippen molar-refractivity contribution in [3.63, 3.8) is 0 Å². The molecule has 7 heteroatoms. The molecule has 0 saturated carbocycles. The van der Waals surface area contributed by atoms with Crippen LogP contribution < -0.4 is 10.2 Å². The molecule has 3 rings (SSSR count). The van der Waals surface area contributed by atoms with E-state index >= 15 is 0 Å². The van der Waals surface area contributed by atoms with Gasteiger partial charge >= 0.3 is 0 Å². The minimum Gasteiger partial charge on any atom is -0.371 e. The Kier molecular flexibility index (Phi) is 3.75. The van der Waals surface area contributed by atoms with Crippen LogP contribution in [-0.2, 0) is 4.79 Å². The molecule has 0 bridgehead atoms. The molecule has 23 heavy (non-hydrogen) atoms. The number of fused-ring (bicyclic) bond motifs is 1. The highest BCUT2D eigenvalue weighted by molar-refractivity contribution is 6.10. The predicted octanol–water partition coefficient (Wildman–Crippen LogP) is 1.67. The number of halogens is 1. The van der Waals surface area contributed by atoms with E-state index in [1.807, 2.05) is 0 Å². The number of aliphatic hydroxyl groups is 1. The van der Waals surface area contributed by atoms with Gasteiger partial charge in [0.2, 0.25) is 6.67 Å². The van der Waals surface area contributed by atoms with Gasteiger partial charge < -0.3 is 10.4 Å². The largest absolute Gasteiger partial charge is 0.371 e. The van der Waals surface area contributed by atoms with Crippen LogP contribution in [0, 0.1) is 5.82 Å². The van der Waals surface area contributed by atoms with Crippen molar-refractivity contribution in [1.82, 2.24) is 9.80 Å². The summed E-state index contributed by atoms with van der Waals surface area (Å²) in [7, 11) is 0. The summed E-state index contributed by atoms with van der Waals surface area (Å²) >= 11 is 0. The fraction of sp³-hybridized carbons (Fsp3) is 0.250. The first-order valence-corrected chi connectivity index (χ1v) is 7.14. The maximum absolute atomic E-state index is 12.9. The molecular weight excluding hydrogens is 299 g/mol. The molecule has 0 aliphatic carbocycles. The standard InChI is InChI=1S/C16H17FN4O2/c1-16(2,23)21-8-7-14-19-13(9-20(14)10-21)15(22)18-12-5-3-11(17)4-6-12/h3-9,23H,10H2,1-2H3,(H,18,22)/q+1. The molecule has 0 fully saturated rings. The molecule has 2 N–H and O–H groups in total. The number of amides is 1. The molecule has 1 aromatic carbocycles. The van der Waals surface area contributed by atoms with E-state index in [1.165, 1.54) is 24.3 Å². The number of aliphatic imine (C=N–C) groups is 1. The van der Waals surface area contributed by atoms with Gasteiger partial charge in [-0.2, -0.15) is 4.99 Å². The highest BCUT2D eigenvalue weighted by Gasteiger charge is 2.38. The second kappa shape index (κ2) is 5.60. The Morgan fingerprint density at radius 2 is 2.09 bits per heavy atom. The molecule has 1 aromatic rings. The number of rotatable bonds is 3. The molecule has 0 unspecified atom stereocenters. The highest BCUT2D eigenvalue weighted by atomic mass is 19.1. The number of carbonyl (C=O) groups excluding carboxylic acids is 1. The summed E-state index contributed by atoms with van der Waals surface area (Å²) in [5.41, 5.74) is -0.253. The third kappa shape index (κ3) is 3.30. The smallest absolute Gasteiger partial charge is 0.285 e. The fourth-order valence-electron chi connectivity index (χ4n) is 2.24. The lowest BCUT2D eigenvalue weighted by atomic mass is 10.2. The van der Waals surface area contributed by atoms with Gasteiger partial charge in [0.25, 0.3) is 11.7 Å². The average molecular weight is 316 g/mol. The Hall–Kier alpha value is -2.51. The van der Waals surface area contributed by atoms with Gasteiger partial charge in [0, 0.05) is 18.0 Å². The number of nitrogens with one attached hydrogen (secondary N) is 1. The molecule has 0 aromatic heterocycles. The number of amidine groups is 1. The van der Waals surface area contributed by atoms with Gasteiger partial charge in [-0.05, 0) is 38.1 Å². The van der Waals surface area contributed by atoms with Crippen LogP contribution in [-0.4, -0.2) is 34.1 Å². The number of nitrogens with zero attached hydrogens (tertiary/aromatic N) is 3. The Morgan fingerprint density at radius 3 is 2.74 bits per heavy atom. The maximum Gasteiger partial charge on any atom is 0.285 e. The summed E-state index contributed by atoms with van der Waals surface area (Å²) in [6.07, 6.45) is 5.09. The predicted molar refractivity (Wildman–Crippen MR) is 84.8 cm³/mol. The van der Waals surface area contributed by atoms with Gasteiger partial charge in [-0.15, -0.1) is 0 Å². The summed E-state index contributed by atoms with van der Waals surface area (Å²) in [5.74, 6) is -0.103. The number of carbonyl (C=O) groups is 1. The summed E-state index contributed by atoms with van der Waals surface area (Å²) in [6.45, 7) is 3.76. The van der Waals surface area contributed by atoms with E-state index in [2.05, 4.69) is 10.3 Å². The molecule has 1 amide bonds. The SMILES string of the molecule is CC(C)(O)N1C=CC2=NC(C(=O)Nc3ccc(F)cc3)=C[N+]2C1. The molecule has 0 spiro atoms. The molecule has 2 aliphatic heterocycles. The summed E-state index contributed by atoms with van der Waals surface area (Å²) < 4.78 is 12.9. The van der Waals surface area contributed by atoms with Crippen molar-refractivity contribution in [3.8, 4) is 0 Å². The third-order valence-electron chi connectivity index (χ3n) is 3.55. The van der Waals surface area contributed by atoms with E-state index in [0.29, 0.717) is 18.2 Å². The van der Waals surface area contributed by atoms with Crippen molar-refractivity contribution in [2.75, 3.05) is 12.0 Å². The van der Waals surface area contributed by atoms with Crippen LogP contribution >= 0.6 is 0 Å². The normalized spacial score (nSPS) is 17.7. The summed E-state index contributed by atoms with van der Waals surface area (Å²) in [5, 5.41) is 12.7. The van der Waals surface area contributed by atoms with Crippen LogP contribution in [0.3, 0.4) is 0 Å². The van der Waals surface area contributed by atoms with Crippen molar-refractivity contribution < 1.29 is 14.3 Å². The van der Waals surface area contributed by atoms with Gasteiger partial charge in [0.15, 0.2) is 11.9 Å². The first-order chi connectivity index (χ1) is 10.8. The van der Waals surface area contributed by atoms with Gasteiger partial charge in [-0.25, -0.2) is 4.39 Å². The number of hydrogen-bond acceptors (Lipinski definition) is 5. The Morgan fingerprint density at radius 1 is 1.39 bits per heavy atom. The summed E-state index contributed by atoms with van der Waals surface area (Å²) in [4.78, 5) is 20.0. The van der Waals surface area contributed by atoms with Crippen LogP contribution in [0.15, 0.2) is 53.4 Å². The van der Waals surface area contributed by atoms with Gasteiger partial charge in [-0.3, -0.25) is 9.69 Å². The molecule has 2 aliphatic rings. The quantitative estimate of drug-likeness (QED) is 0.834. The zero-order chi connectivity index (χ0) is 16.6. The van der Waals surface area contributed by atoms with Crippen LogP contribution in [0.5, 0.6) is 0 Å². The molecular formula is C16H17FN4O2+. The third-order valence-corrected chi connectivity index (χ3v) is 3.55. The molecule has 1 radical (unpaired) electrons. The lowest BCUT2D eigenvalue weighted by Crippen LogP contribution is -2.50. The topological polar surface area (TPSA) is 70.8 Å². The van der Waals surface area contributed by atoms with Gasteiger partial charge in [0.1, 0.15) is 11.5 Å². The van der Waals surface area contributed by atoms with E-state index in [9.17, 15) is 14.3 Å². The lowest BCUT2D eigenvalue weighted by molar-refractivity contribution is -0.112. The average Bonchev–Trinajstić information content (AvgIpc) is 2.92.